The third kappa shape index (κ3) is 3.71. The Bertz CT molecular complexity index is 325. The van der Waals surface area contributed by atoms with Gasteiger partial charge in [0.1, 0.15) is 5.82 Å². The first-order valence-electron chi connectivity index (χ1n) is 4.05. The average Bonchev–Trinajstić information content (AvgIpc) is 2.00. The Morgan fingerprint density at radius 1 is 1.69 bits per heavy atom. The average molecular weight is 182 g/mol. The highest BCUT2D eigenvalue weighted by molar-refractivity contribution is 5.32. The van der Waals surface area contributed by atoms with E-state index < -0.39 is 0 Å². The minimum absolute atomic E-state index is 0.174. The van der Waals surface area contributed by atoms with Crippen molar-refractivity contribution in [2.24, 2.45) is 5.73 Å². The van der Waals surface area contributed by atoms with Crippen molar-refractivity contribution >= 4 is 5.82 Å². The number of aromatic nitrogens is 2. The van der Waals surface area contributed by atoms with Gasteiger partial charge in [-0.15, -0.1) is 0 Å². The van der Waals surface area contributed by atoms with Gasteiger partial charge in [-0.2, -0.15) is 0 Å². The number of nitrogens with zero attached hydrogens (tertiary/aromatic N) is 1. The molecule has 0 aliphatic carbocycles. The molecule has 0 saturated heterocycles. The van der Waals surface area contributed by atoms with Gasteiger partial charge in [-0.05, 0) is 13.8 Å². The fourth-order valence-corrected chi connectivity index (χ4v) is 0.784. The lowest BCUT2D eigenvalue weighted by Gasteiger charge is -2.18. The Kier molecular flexibility index (Phi) is 2.67. The van der Waals surface area contributed by atoms with Crippen molar-refractivity contribution in [2.75, 3.05) is 11.9 Å². The first-order chi connectivity index (χ1) is 5.97. The van der Waals surface area contributed by atoms with Crippen LogP contribution in [-0.2, 0) is 0 Å². The van der Waals surface area contributed by atoms with Crippen molar-refractivity contribution in [1.82, 2.24) is 9.97 Å². The molecule has 0 aromatic carbocycles. The van der Waals surface area contributed by atoms with E-state index in [9.17, 15) is 4.79 Å². The largest absolute Gasteiger partial charge is 0.368 e. The van der Waals surface area contributed by atoms with Crippen LogP contribution in [0, 0.1) is 0 Å². The van der Waals surface area contributed by atoms with E-state index >= 15 is 0 Å². The van der Waals surface area contributed by atoms with E-state index in [0.29, 0.717) is 12.4 Å². The molecular weight excluding hydrogens is 168 g/mol. The molecule has 0 radical (unpaired) electrons. The van der Waals surface area contributed by atoms with Crippen molar-refractivity contribution in [3.8, 4) is 0 Å². The van der Waals surface area contributed by atoms with Crippen LogP contribution in [0.5, 0.6) is 0 Å². The van der Waals surface area contributed by atoms with E-state index in [1.54, 1.807) is 0 Å². The monoisotopic (exact) mass is 182 g/mol. The van der Waals surface area contributed by atoms with Gasteiger partial charge in [0.2, 0.25) is 0 Å². The van der Waals surface area contributed by atoms with Crippen LogP contribution in [-0.4, -0.2) is 22.1 Å². The first-order valence-corrected chi connectivity index (χ1v) is 4.05. The van der Waals surface area contributed by atoms with Crippen molar-refractivity contribution in [1.29, 1.82) is 0 Å². The summed E-state index contributed by atoms with van der Waals surface area (Å²) in [5.41, 5.74) is 5.26. The zero-order valence-corrected chi connectivity index (χ0v) is 7.79. The first kappa shape index (κ1) is 9.73. The number of hydrogen-bond acceptors (Lipinski definition) is 4. The molecule has 5 nitrogen and oxygen atoms in total. The summed E-state index contributed by atoms with van der Waals surface area (Å²) in [7, 11) is 0. The normalized spacial score (nSPS) is 11.3. The van der Waals surface area contributed by atoms with E-state index in [1.165, 1.54) is 12.4 Å². The van der Waals surface area contributed by atoms with Gasteiger partial charge < -0.3 is 16.0 Å². The second-order valence-electron chi connectivity index (χ2n) is 3.64. The summed E-state index contributed by atoms with van der Waals surface area (Å²) in [6.07, 6.45) is 1.36. The molecule has 0 aliphatic heterocycles. The minimum atomic E-state index is -0.315. The lowest BCUT2D eigenvalue weighted by molar-refractivity contribution is 0.548. The fourth-order valence-electron chi connectivity index (χ4n) is 0.784. The molecule has 0 bridgehead atoms. The molecule has 0 saturated carbocycles. The zero-order chi connectivity index (χ0) is 9.90. The molecule has 0 fully saturated rings. The summed E-state index contributed by atoms with van der Waals surface area (Å²) >= 11 is 0. The number of aromatic amines is 1. The van der Waals surface area contributed by atoms with Gasteiger partial charge >= 0.3 is 0 Å². The van der Waals surface area contributed by atoms with Crippen LogP contribution in [0.1, 0.15) is 13.8 Å². The van der Waals surface area contributed by atoms with Gasteiger partial charge in [-0.3, -0.25) is 4.79 Å². The molecule has 5 heteroatoms. The summed E-state index contributed by atoms with van der Waals surface area (Å²) in [4.78, 5) is 17.2. The smallest absolute Gasteiger partial charge is 0.252 e. The summed E-state index contributed by atoms with van der Waals surface area (Å²) < 4.78 is 0. The predicted molar refractivity (Wildman–Crippen MR) is 51.6 cm³/mol. The van der Waals surface area contributed by atoms with Gasteiger partial charge in [0, 0.05) is 18.2 Å². The minimum Gasteiger partial charge on any atom is -0.368 e. The third-order valence-electron chi connectivity index (χ3n) is 1.40. The van der Waals surface area contributed by atoms with Crippen molar-refractivity contribution in [3.63, 3.8) is 0 Å². The molecule has 72 valence electrons. The Morgan fingerprint density at radius 2 is 2.38 bits per heavy atom. The number of rotatable bonds is 3. The summed E-state index contributed by atoms with van der Waals surface area (Å²) in [5, 5.41) is 2.97. The third-order valence-corrected chi connectivity index (χ3v) is 1.40. The Labute approximate surface area is 76.4 Å². The number of nitrogens with two attached hydrogens (primary N) is 1. The fraction of sp³-hybridized carbons (Fsp3) is 0.500. The highest BCUT2D eigenvalue weighted by Gasteiger charge is 2.09. The van der Waals surface area contributed by atoms with Crippen molar-refractivity contribution in [3.05, 3.63) is 22.7 Å². The maximum Gasteiger partial charge on any atom is 0.252 e. The van der Waals surface area contributed by atoms with E-state index in [1.807, 2.05) is 13.8 Å². The summed E-state index contributed by atoms with van der Waals surface area (Å²) in [5.74, 6) is 0.544. The standard InChI is InChI=1S/C8H14N4O/c1-8(2,9)4-10-6-3-7(13)12-5-11-6/h3,5H,4,9H2,1-2H3,(H2,10,11,12,13). The lowest BCUT2D eigenvalue weighted by atomic mass is 10.1. The van der Waals surface area contributed by atoms with Gasteiger partial charge in [0.15, 0.2) is 0 Å². The van der Waals surface area contributed by atoms with Crippen molar-refractivity contribution < 1.29 is 0 Å². The molecule has 1 rings (SSSR count). The molecule has 0 aliphatic rings. The zero-order valence-electron chi connectivity index (χ0n) is 7.79. The molecule has 0 amide bonds. The number of nitrogens with one attached hydrogen (secondary N) is 2. The molecule has 1 aromatic heterocycles. The van der Waals surface area contributed by atoms with Gasteiger partial charge in [0.25, 0.3) is 5.56 Å². The molecule has 1 aromatic rings. The molecule has 0 spiro atoms. The second-order valence-corrected chi connectivity index (χ2v) is 3.64. The Morgan fingerprint density at radius 3 is 2.92 bits per heavy atom. The van der Waals surface area contributed by atoms with E-state index in [0.717, 1.165) is 0 Å². The highest BCUT2D eigenvalue weighted by Crippen LogP contribution is 2.00. The van der Waals surface area contributed by atoms with Crippen LogP contribution in [0.4, 0.5) is 5.82 Å². The molecule has 0 unspecified atom stereocenters. The maximum absolute atomic E-state index is 10.8. The molecule has 1 heterocycles. The van der Waals surface area contributed by atoms with Crippen LogP contribution in [0.3, 0.4) is 0 Å². The molecule has 13 heavy (non-hydrogen) atoms. The van der Waals surface area contributed by atoms with E-state index in [-0.39, 0.29) is 11.1 Å². The summed E-state index contributed by atoms with van der Waals surface area (Å²) in [6.45, 7) is 4.36. The maximum atomic E-state index is 10.8. The molecular formula is C8H14N4O. The van der Waals surface area contributed by atoms with Gasteiger partial charge in [-0.25, -0.2) is 4.98 Å². The topological polar surface area (TPSA) is 83.8 Å². The molecule has 0 atom stereocenters. The van der Waals surface area contributed by atoms with E-state index in [4.69, 9.17) is 5.73 Å². The van der Waals surface area contributed by atoms with Crippen LogP contribution in [0.2, 0.25) is 0 Å². The van der Waals surface area contributed by atoms with Crippen molar-refractivity contribution in [2.45, 2.75) is 19.4 Å². The predicted octanol–water partition coefficient (Wildman–Crippen LogP) is -0.0809. The highest BCUT2D eigenvalue weighted by atomic mass is 16.1. The molecule has 4 N–H and O–H groups in total. The quantitative estimate of drug-likeness (QED) is 0.610. The van der Waals surface area contributed by atoms with Crippen LogP contribution >= 0.6 is 0 Å². The van der Waals surface area contributed by atoms with Crippen LogP contribution in [0.25, 0.3) is 0 Å². The number of H-pyrrole nitrogens is 1. The number of anilines is 1. The van der Waals surface area contributed by atoms with E-state index in [2.05, 4.69) is 15.3 Å². The van der Waals surface area contributed by atoms with Gasteiger partial charge in [-0.1, -0.05) is 0 Å². The Hall–Kier alpha value is -1.36. The Balaban J connectivity index is 2.60. The summed E-state index contributed by atoms with van der Waals surface area (Å²) in [6, 6.07) is 1.39. The lowest BCUT2D eigenvalue weighted by Crippen LogP contribution is -2.39. The van der Waals surface area contributed by atoms with Crippen LogP contribution < -0.4 is 16.6 Å². The SMILES string of the molecule is CC(C)(N)CNc1cc(=O)[nH]cn1. The second kappa shape index (κ2) is 3.57. The van der Waals surface area contributed by atoms with Gasteiger partial charge in [0.05, 0.1) is 6.33 Å². The van der Waals surface area contributed by atoms with Crippen LogP contribution in [0.15, 0.2) is 17.2 Å². The number of hydrogen-bond donors (Lipinski definition) is 3.